The second-order valence-electron chi connectivity index (χ2n) is 12.2. The zero-order valence-corrected chi connectivity index (χ0v) is 21.1. The zero-order valence-electron chi connectivity index (χ0n) is 21.1. The van der Waals surface area contributed by atoms with Gasteiger partial charge in [0.25, 0.3) is 0 Å². The van der Waals surface area contributed by atoms with E-state index in [0.717, 1.165) is 22.3 Å². The number of phenolic OH excluding ortho intramolecular Hbond substituents is 1. The van der Waals surface area contributed by atoms with Crippen LogP contribution in [0.5, 0.6) is 5.75 Å². The van der Waals surface area contributed by atoms with E-state index in [4.69, 9.17) is 5.41 Å². The summed E-state index contributed by atoms with van der Waals surface area (Å²) in [5.74, 6) is 0.650. The monoisotopic (exact) mass is 434 g/mol. The zero-order chi connectivity index (χ0) is 24.2. The van der Waals surface area contributed by atoms with Gasteiger partial charge in [0.05, 0.1) is 6.54 Å². The molecule has 172 valence electrons. The molecule has 0 saturated carbocycles. The minimum atomic E-state index is -0.291. The first-order chi connectivity index (χ1) is 14.5. The summed E-state index contributed by atoms with van der Waals surface area (Å²) in [6.45, 7) is 19.5. The van der Waals surface area contributed by atoms with Gasteiger partial charge < -0.3 is 10.0 Å². The van der Waals surface area contributed by atoms with Gasteiger partial charge in [-0.25, -0.2) is 0 Å². The van der Waals surface area contributed by atoms with Crippen molar-refractivity contribution in [2.45, 2.75) is 85.1 Å². The van der Waals surface area contributed by atoms with E-state index >= 15 is 0 Å². The quantitative estimate of drug-likeness (QED) is 0.557. The molecule has 4 nitrogen and oxygen atoms in total. The van der Waals surface area contributed by atoms with Crippen LogP contribution < -0.4 is 0 Å². The number of carbonyl (C=O) groups excluding carboxylic acids is 1. The fraction of sp³-hybridized carbons (Fsp3) is 0.500. The highest BCUT2D eigenvalue weighted by Crippen LogP contribution is 2.40. The molecule has 0 bridgehead atoms. The van der Waals surface area contributed by atoms with E-state index in [1.54, 1.807) is 0 Å². The van der Waals surface area contributed by atoms with Crippen molar-refractivity contribution in [2.24, 2.45) is 0 Å². The van der Waals surface area contributed by atoms with Crippen LogP contribution in [0.15, 0.2) is 30.3 Å². The maximum Gasteiger partial charge on any atom is 0.182 e. The Balaban J connectivity index is 1.93. The number of nitrogens with one attached hydrogen (secondary N) is 1. The van der Waals surface area contributed by atoms with Crippen molar-refractivity contribution in [2.75, 3.05) is 6.54 Å². The molecule has 4 heteroatoms. The summed E-state index contributed by atoms with van der Waals surface area (Å²) >= 11 is 0. The smallest absolute Gasteiger partial charge is 0.182 e. The molecule has 0 atom stereocenters. The van der Waals surface area contributed by atoms with E-state index < -0.39 is 0 Å². The van der Waals surface area contributed by atoms with E-state index in [9.17, 15) is 9.90 Å². The van der Waals surface area contributed by atoms with Crippen LogP contribution >= 0.6 is 0 Å². The Morgan fingerprint density at radius 3 is 1.91 bits per heavy atom. The topological polar surface area (TPSA) is 64.4 Å². The van der Waals surface area contributed by atoms with Crippen LogP contribution in [0.3, 0.4) is 0 Å². The van der Waals surface area contributed by atoms with E-state index in [0.29, 0.717) is 17.9 Å². The number of phenols is 1. The number of nitrogens with zero attached hydrogens (tertiary/aromatic N) is 1. The van der Waals surface area contributed by atoms with Gasteiger partial charge in [-0.2, -0.15) is 0 Å². The van der Waals surface area contributed by atoms with Crippen molar-refractivity contribution >= 4 is 11.6 Å². The lowest BCUT2D eigenvalue weighted by molar-refractivity contribution is 0.0962. The van der Waals surface area contributed by atoms with Gasteiger partial charge in [-0.05, 0) is 45.6 Å². The minimum Gasteiger partial charge on any atom is -0.507 e. The van der Waals surface area contributed by atoms with Crippen molar-refractivity contribution in [3.63, 3.8) is 0 Å². The Labute approximate surface area is 193 Å². The summed E-state index contributed by atoms with van der Waals surface area (Å²) in [5.41, 5.74) is 4.78. The Morgan fingerprint density at radius 1 is 0.906 bits per heavy atom. The summed E-state index contributed by atoms with van der Waals surface area (Å²) in [7, 11) is 0. The van der Waals surface area contributed by atoms with Gasteiger partial charge in [0.2, 0.25) is 0 Å². The summed E-state index contributed by atoms with van der Waals surface area (Å²) < 4.78 is 0. The highest BCUT2D eigenvalue weighted by molar-refractivity contribution is 6.05. The predicted octanol–water partition coefficient (Wildman–Crippen LogP) is 6.31. The largest absolute Gasteiger partial charge is 0.507 e. The van der Waals surface area contributed by atoms with E-state index in [1.807, 2.05) is 58.6 Å². The molecule has 0 radical (unpaired) electrons. The molecule has 1 aliphatic rings. The molecule has 0 aliphatic carbocycles. The average Bonchev–Trinajstić information content (AvgIpc) is 2.94. The molecule has 2 aromatic carbocycles. The number of hydrogen-bond donors (Lipinski definition) is 2. The summed E-state index contributed by atoms with van der Waals surface area (Å²) in [4.78, 5) is 15.2. The number of fused-ring (bicyclic) bond motifs is 1. The van der Waals surface area contributed by atoms with Gasteiger partial charge in [-0.1, -0.05) is 74.4 Å². The lowest BCUT2D eigenvalue weighted by Crippen LogP contribution is -2.30. The molecule has 0 spiro atoms. The Hall–Kier alpha value is -2.62. The van der Waals surface area contributed by atoms with Gasteiger partial charge >= 0.3 is 0 Å². The molecule has 0 fully saturated rings. The maximum atomic E-state index is 13.4. The molecular formula is C28H38N2O2. The first kappa shape index (κ1) is 24.0. The molecule has 0 unspecified atom stereocenters. The van der Waals surface area contributed by atoms with Gasteiger partial charge in [-0.3, -0.25) is 10.2 Å². The van der Waals surface area contributed by atoms with Crippen molar-refractivity contribution in [1.82, 2.24) is 4.90 Å². The normalized spacial score (nSPS) is 14.7. The number of benzene rings is 2. The van der Waals surface area contributed by atoms with Crippen LogP contribution in [-0.4, -0.2) is 28.2 Å². The van der Waals surface area contributed by atoms with E-state index in [2.05, 4.69) is 39.0 Å². The molecule has 3 rings (SSSR count). The van der Waals surface area contributed by atoms with Crippen molar-refractivity contribution < 1.29 is 9.90 Å². The number of rotatable bonds is 3. The second kappa shape index (κ2) is 7.75. The lowest BCUT2D eigenvalue weighted by atomic mass is 9.78. The first-order valence-corrected chi connectivity index (χ1v) is 11.4. The molecule has 2 aromatic rings. The fourth-order valence-electron chi connectivity index (χ4n) is 4.19. The standard InChI is InChI=1S/C28H38N2O2/c1-26(2,3)19-11-10-17-15-30(25(29)20(17)14-19)16-23(31)18-12-21(27(4,5)6)24(32)22(13-18)28(7,8)9/h10-14,29,32H,15-16H2,1-9H3. The highest BCUT2D eigenvalue weighted by atomic mass is 16.3. The Bertz CT molecular complexity index is 1040. The van der Waals surface area contributed by atoms with Crippen molar-refractivity contribution in [1.29, 1.82) is 5.41 Å². The number of aromatic hydroxyl groups is 1. The average molecular weight is 435 g/mol. The number of ketones is 1. The van der Waals surface area contributed by atoms with Gasteiger partial charge in [0.15, 0.2) is 5.78 Å². The van der Waals surface area contributed by atoms with Gasteiger partial charge in [0, 0.05) is 28.8 Å². The van der Waals surface area contributed by atoms with Crippen LogP contribution in [0.25, 0.3) is 0 Å². The van der Waals surface area contributed by atoms with Gasteiger partial charge in [-0.15, -0.1) is 0 Å². The molecule has 0 amide bonds. The van der Waals surface area contributed by atoms with Crippen LogP contribution in [0.4, 0.5) is 0 Å². The van der Waals surface area contributed by atoms with Crippen LogP contribution in [-0.2, 0) is 22.8 Å². The SMILES string of the molecule is CC(C)(C)c1ccc2c(c1)C(=N)N(CC(=O)c1cc(C(C)(C)C)c(O)c(C(C)(C)C)c1)C2. The molecule has 1 aliphatic heterocycles. The lowest BCUT2D eigenvalue weighted by Gasteiger charge is -2.28. The predicted molar refractivity (Wildman–Crippen MR) is 132 cm³/mol. The summed E-state index contributed by atoms with van der Waals surface area (Å²) in [6.07, 6.45) is 0. The van der Waals surface area contributed by atoms with Crippen molar-refractivity contribution in [3.05, 3.63) is 63.7 Å². The molecule has 2 N–H and O–H groups in total. The Morgan fingerprint density at radius 2 is 1.44 bits per heavy atom. The highest BCUT2D eigenvalue weighted by Gasteiger charge is 2.31. The van der Waals surface area contributed by atoms with Crippen LogP contribution in [0, 0.1) is 5.41 Å². The molecular weight excluding hydrogens is 396 g/mol. The minimum absolute atomic E-state index is 0.0112. The third-order valence-corrected chi connectivity index (χ3v) is 6.29. The summed E-state index contributed by atoms with van der Waals surface area (Å²) in [5, 5.41) is 19.6. The third-order valence-electron chi connectivity index (χ3n) is 6.29. The summed E-state index contributed by atoms with van der Waals surface area (Å²) in [6, 6.07) is 9.97. The second-order valence-corrected chi connectivity index (χ2v) is 12.2. The van der Waals surface area contributed by atoms with Gasteiger partial charge in [0.1, 0.15) is 11.6 Å². The first-order valence-electron chi connectivity index (χ1n) is 11.4. The Kier molecular flexibility index (Phi) is 5.82. The number of hydrogen-bond acceptors (Lipinski definition) is 3. The fourth-order valence-corrected chi connectivity index (χ4v) is 4.19. The van der Waals surface area contributed by atoms with Crippen LogP contribution in [0.2, 0.25) is 0 Å². The number of amidine groups is 1. The molecule has 32 heavy (non-hydrogen) atoms. The third kappa shape index (κ3) is 4.60. The van der Waals surface area contributed by atoms with E-state index in [-0.39, 0.29) is 34.3 Å². The van der Waals surface area contributed by atoms with Crippen LogP contribution in [0.1, 0.15) is 100 Å². The molecule has 0 aromatic heterocycles. The molecule has 0 saturated heterocycles. The van der Waals surface area contributed by atoms with Crippen molar-refractivity contribution in [3.8, 4) is 5.75 Å². The maximum absolute atomic E-state index is 13.4. The van der Waals surface area contributed by atoms with E-state index in [1.165, 1.54) is 5.56 Å². The molecule has 1 heterocycles. The number of carbonyl (C=O) groups is 1. The number of Topliss-reactive ketones (excluding diaryl/α,β-unsaturated/α-hetero) is 1.